The number of rotatable bonds is 1. The molecule has 0 unspecified atom stereocenters. The highest BCUT2D eigenvalue weighted by molar-refractivity contribution is 5.61. The van der Waals surface area contributed by atoms with Crippen molar-refractivity contribution in [2.75, 3.05) is 0 Å². The maximum atomic E-state index is 4.57. The van der Waals surface area contributed by atoms with E-state index in [2.05, 4.69) is 75.8 Å². The first-order chi connectivity index (χ1) is 9.18. The molecule has 106 valence electrons. The van der Waals surface area contributed by atoms with Crippen LogP contribution in [0.25, 0.3) is 11.1 Å². The smallest absolute Gasteiger partial charge is 0.0457 e. The minimum atomic E-state index is 0.0902. The first-order valence-corrected chi connectivity index (χ1v) is 7.11. The Morgan fingerprint density at radius 2 is 0.950 bits per heavy atom. The van der Waals surface area contributed by atoms with E-state index in [0.717, 1.165) is 22.5 Å². The predicted octanol–water partition coefficient (Wildman–Crippen LogP) is 4.74. The Bertz CT molecular complexity index is 511. The number of nitrogens with zero attached hydrogens (tertiary/aromatic N) is 2. The number of hydrogen-bond acceptors (Lipinski definition) is 2. The molecule has 0 aromatic carbocycles. The van der Waals surface area contributed by atoms with Crippen molar-refractivity contribution in [3.8, 4) is 11.1 Å². The molecule has 0 aliphatic heterocycles. The van der Waals surface area contributed by atoms with Crippen LogP contribution in [0.4, 0.5) is 0 Å². The Morgan fingerprint density at radius 3 is 1.15 bits per heavy atom. The van der Waals surface area contributed by atoms with E-state index in [4.69, 9.17) is 0 Å². The summed E-state index contributed by atoms with van der Waals surface area (Å²) in [6.07, 6.45) is 3.88. The third kappa shape index (κ3) is 3.24. The molecule has 0 saturated carbocycles. The van der Waals surface area contributed by atoms with Crippen LogP contribution in [0, 0.1) is 0 Å². The SMILES string of the molecule is CC(C)(C)c1ccc(-c2ccc(C(C)(C)C)nc2)cn1. The lowest BCUT2D eigenvalue weighted by Crippen LogP contribution is -2.13. The fourth-order valence-corrected chi connectivity index (χ4v) is 2.02. The van der Waals surface area contributed by atoms with Crippen molar-refractivity contribution in [1.29, 1.82) is 0 Å². The van der Waals surface area contributed by atoms with Crippen LogP contribution in [-0.2, 0) is 10.8 Å². The minimum absolute atomic E-state index is 0.0902. The van der Waals surface area contributed by atoms with E-state index < -0.39 is 0 Å². The van der Waals surface area contributed by atoms with Crippen molar-refractivity contribution >= 4 is 0 Å². The summed E-state index contributed by atoms with van der Waals surface area (Å²) in [5.41, 5.74) is 4.64. The Balaban J connectivity index is 2.29. The van der Waals surface area contributed by atoms with E-state index >= 15 is 0 Å². The molecule has 2 heteroatoms. The molecule has 0 atom stereocenters. The molecule has 20 heavy (non-hydrogen) atoms. The van der Waals surface area contributed by atoms with Crippen molar-refractivity contribution in [3.63, 3.8) is 0 Å². The summed E-state index contributed by atoms with van der Waals surface area (Å²) in [6.45, 7) is 13.1. The van der Waals surface area contributed by atoms with Crippen molar-refractivity contribution in [2.45, 2.75) is 52.4 Å². The Hall–Kier alpha value is -1.70. The Labute approximate surface area is 122 Å². The van der Waals surface area contributed by atoms with E-state index in [0.29, 0.717) is 0 Å². The normalized spacial score (nSPS) is 12.5. The van der Waals surface area contributed by atoms with Crippen LogP contribution in [0.5, 0.6) is 0 Å². The Morgan fingerprint density at radius 1 is 0.600 bits per heavy atom. The highest BCUT2D eigenvalue weighted by atomic mass is 14.7. The number of pyridine rings is 2. The number of hydrogen-bond donors (Lipinski definition) is 0. The molecule has 0 aliphatic carbocycles. The molecule has 0 fully saturated rings. The van der Waals surface area contributed by atoms with E-state index in [9.17, 15) is 0 Å². The summed E-state index contributed by atoms with van der Waals surface area (Å²) < 4.78 is 0. The molecule has 2 heterocycles. The van der Waals surface area contributed by atoms with Gasteiger partial charge in [0.2, 0.25) is 0 Å². The van der Waals surface area contributed by atoms with E-state index in [-0.39, 0.29) is 10.8 Å². The molecule has 0 N–H and O–H groups in total. The average molecular weight is 268 g/mol. The van der Waals surface area contributed by atoms with Gasteiger partial charge >= 0.3 is 0 Å². The molecule has 2 nitrogen and oxygen atoms in total. The van der Waals surface area contributed by atoms with Crippen molar-refractivity contribution in [1.82, 2.24) is 9.97 Å². The van der Waals surface area contributed by atoms with Gasteiger partial charge in [0.15, 0.2) is 0 Å². The maximum absolute atomic E-state index is 4.57. The summed E-state index contributed by atoms with van der Waals surface area (Å²) in [6, 6.07) is 8.46. The highest BCUT2D eigenvalue weighted by Gasteiger charge is 2.16. The van der Waals surface area contributed by atoms with Crippen molar-refractivity contribution < 1.29 is 0 Å². The van der Waals surface area contributed by atoms with Gasteiger partial charge in [-0.2, -0.15) is 0 Å². The molecule has 0 aliphatic rings. The minimum Gasteiger partial charge on any atom is -0.260 e. The monoisotopic (exact) mass is 268 g/mol. The van der Waals surface area contributed by atoms with Crippen LogP contribution in [0.1, 0.15) is 52.9 Å². The van der Waals surface area contributed by atoms with Gasteiger partial charge in [0, 0.05) is 45.7 Å². The van der Waals surface area contributed by atoms with Crippen molar-refractivity contribution in [3.05, 3.63) is 48.0 Å². The van der Waals surface area contributed by atoms with Crippen LogP contribution in [0.3, 0.4) is 0 Å². The fourth-order valence-electron chi connectivity index (χ4n) is 2.02. The lowest BCUT2D eigenvalue weighted by molar-refractivity contribution is 0.568. The standard InChI is InChI=1S/C18H24N2/c1-17(2,3)15-9-7-13(11-19-15)14-8-10-16(20-12-14)18(4,5)6/h7-12H,1-6H3. The van der Waals surface area contributed by atoms with Gasteiger partial charge in [0.1, 0.15) is 0 Å². The first kappa shape index (κ1) is 14.7. The van der Waals surface area contributed by atoms with Gasteiger partial charge in [-0.25, -0.2) is 0 Å². The van der Waals surface area contributed by atoms with Gasteiger partial charge < -0.3 is 0 Å². The number of aromatic nitrogens is 2. The average Bonchev–Trinajstić information content (AvgIpc) is 2.37. The Kier molecular flexibility index (Phi) is 3.68. The molecule has 2 rings (SSSR count). The summed E-state index contributed by atoms with van der Waals surface area (Å²) in [4.78, 5) is 9.14. The van der Waals surface area contributed by atoms with Crippen LogP contribution in [0.2, 0.25) is 0 Å². The fraction of sp³-hybridized carbons (Fsp3) is 0.444. The third-order valence-corrected chi connectivity index (χ3v) is 3.40. The second kappa shape index (κ2) is 5.01. The molecule has 0 bridgehead atoms. The van der Waals surface area contributed by atoms with Crippen LogP contribution < -0.4 is 0 Å². The molecule has 0 radical (unpaired) electrons. The van der Waals surface area contributed by atoms with E-state index in [1.807, 2.05) is 12.4 Å². The topological polar surface area (TPSA) is 25.8 Å². The second-order valence-corrected chi connectivity index (χ2v) is 7.36. The van der Waals surface area contributed by atoms with Gasteiger partial charge in [-0.05, 0) is 12.1 Å². The van der Waals surface area contributed by atoms with Crippen LogP contribution in [0.15, 0.2) is 36.7 Å². The molecule has 0 amide bonds. The predicted molar refractivity (Wildman–Crippen MR) is 84.9 cm³/mol. The van der Waals surface area contributed by atoms with E-state index in [1.54, 1.807) is 0 Å². The zero-order chi connectivity index (χ0) is 15.0. The highest BCUT2D eigenvalue weighted by Crippen LogP contribution is 2.25. The molecule has 0 saturated heterocycles. The summed E-state index contributed by atoms with van der Waals surface area (Å²) in [7, 11) is 0. The molecule has 2 aromatic rings. The largest absolute Gasteiger partial charge is 0.260 e. The van der Waals surface area contributed by atoms with Gasteiger partial charge in [-0.15, -0.1) is 0 Å². The van der Waals surface area contributed by atoms with Crippen LogP contribution >= 0.6 is 0 Å². The molecule has 2 aromatic heterocycles. The van der Waals surface area contributed by atoms with Gasteiger partial charge in [-0.3, -0.25) is 9.97 Å². The van der Waals surface area contributed by atoms with Crippen molar-refractivity contribution in [2.24, 2.45) is 0 Å². The van der Waals surface area contributed by atoms with Gasteiger partial charge in [-0.1, -0.05) is 53.7 Å². The zero-order valence-electron chi connectivity index (χ0n) is 13.4. The summed E-state index contributed by atoms with van der Waals surface area (Å²) >= 11 is 0. The summed E-state index contributed by atoms with van der Waals surface area (Å²) in [5.74, 6) is 0. The zero-order valence-corrected chi connectivity index (χ0v) is 13.4. The van der Waals surface area contributed by atoms with Crippen LogP contribution in [-0.4, -0.2) is 9.97 Å². The third-order valence-electron chi connectivity index (χ3n) is 3.40. The van der Waals surface area contributed by atoms with Gasteiger partial charge in [0.05, 0.1) is 0 Å². The molecular formula is C18H24N2. The van der Waals surface area contributed by atoms with Gasteiger partial charge in [0.25, 0.3) is 0 Å². The lowest BCUT2D eigenvalue weighted by Gasteiger charge is -2.18. The molecular weight excluding hydrogens is 244 g/mol. The second-order valence-electron chi connectivity index (χ2n) is 7.36. The van der Waals surface area contributed by atoms with E-state index in [1.165, 1.54) is 0 Å². The maximum Gasteiger partial charge on any atom is 0.0457 e. The summed E-state index contributed by atoms with van der Waals surface area (Å²) in [5, 5.41) is 0. The lowest BCUT2D eigenvalue weighted by atomic mass is 9.90. The first-order valence-electron chi connectivity index (χ1n) is 7.11. The quantitative estimate of drug-likeness (QED) is 0.746. The molecule has 0 spiro atoms.